The van der Waals surface area contributed by atoms with Crippen LogP contribution in [0.4, 0.5) is 0 Å². The summed E-state index contributed by atoms with van der Waals surface area (Å²) in [6, 6.07) is 17.2. The summed E-state index contributed by atoms with van der Waals surface area (Å²) in [5, 5.41) is 0. The van der Waals surface area contributed by atoms with E-state index in [0.717, 1.165) is 24.0 Å². The minimum atomic E-state index is -0.521. The summed E-state index contributed by atoms with van der Waals surface area (Å²) < 4.78 is 28.2. The Morgan fingerprint density at radius 1 is 1.00 bits per heavy atom. The van der Waals surface area contributed by atoms with E-state index in [1.807, 2.05) is 54.6 Å². The topological polar surface area (TPSA) is 97.1 Å². The zero-order valence-electron chi connectivity index (χ0n) is 20.1. The number of oxazole rings is 1. The number of benzene rings is 2. The Bertz CT molecular complexity index is 1190. The maximum Gasteiger partial charge on any atom is 0.360 e. The van der Waals surface area contributed by atoms with Gasteiger partial charge in [-0.3, -0.25) is 0 Å². The molecule has 8 nitrogen and oxygen atoms in total. The molecule has 4 atom stereocenters. The van der Waals surface area contributed by atoms with Gasteiger partial charge in [-0.25, -0.2) is 14.6 Å². The van der Waals surface area contributed by atoms with Crippen LogP contribution in [0.3, 0.4) is 0 Å². The Morgan fingerprint density at radius 3 is 2.61 bits per heavy atom. The van der Waals surface area contributed by atoms with Crippen LogP contribution in [0.15, 0.2) is 65.3 Å². The Morgan fingerprint density at radius 2 is 1.78 bits per heavy atom. The Balaban J connectivity index is 1.28. The maximum atomic E-state index is 12.6. The molecule has 5 rings (SSSR count). The van der Waals surface area contributed by atoms with Gasteiger partial charge in [0.25, 0.3) is 0 Å². The van der Waals surface area contributed by atoms with Gasteiger partial charge in [0, 0.05) is 5.92 Å². The largest absolute Gasteiger partial charge is 0.482 e. The van der Waals surface area contributed by atoms with Gasteiger partial charge in [-0.1, -0.05) is 48.5 Å². The number of hydrogen-bond donors (Lipinski definition) is 0. The highest BCUT2D eigenvalue weighted by Crippen LogP contribution is 2.50. The van der Waals surface area contributed by atoms with Crippen LogP contribution in [-0.2, 0) is 32.0 Å². The predicted octanol–water partition coefficient (Wildman–Crippen LogP) is 4.48. The highest BCUT2D eigenvalue weighted by atomic mass is 16.6. The fourth-order valence-electron chi connectivity index (χ4n) is 5.11. The Kier molecular flexibility index (Phi) is 7.32. The fourth-order valence-corrected chi connectivity index (χ4v) is 5.11. The molecule has 8 heteroatoms. The second-order valence-electron chi connectivity index (χ2n) is 9.02. The van der Waals surface area contributed by atoms with E-state index in [0.29, 0.717) is 24.7 Å². The van der Waals surface area contributed by atoms with Gasteiger partial charge >= 0.3 is 11.9 Å². The average molecular weight is 492 g/mol. The van der Waals surface area contributed by atoms with Gasteiger partial charge in [0.15, 0.2) is 12.3 Å². The second-order valence-corrected chi connectivity index (χ2v) is 9.02. The van der Waals surface area contributed by atoms with E-state index >= 15 is 0 Å². The van der Waals surface area contributed by atoms with Crippen LogP contribution in [0.25, 0.3) is 0 Å². The van der Waals surface area contributed by atoms with Crippen LogP contribution in [0.1, 0.15) is 53.2 Å². The summed E-state index contributed by atoms with van der Waals surface area (Å²) in [6.45, 7) is 2.10. The number of carbonyl (C=O) groups is 2. The molecule has 0 N–H and O–H groups in total. The lowest BCUT2D eigenvalue weighted by Gasteiger charge is -2.26. The van der Waals surface area contributed by atoms with Gasteiger partial charge in [-0.05, 0) is 43.4 Å². The lowest BCUT2D eigenvalue weighted by Crippen LogP contribution is -2.28. The summed E-state index contributed by atoms with van der Waals surface area (Å²) in [4.78, 5) is 28.8. The number of hydrogen-bond acceptors (Lipinski definition) is 8. The molecule has 4 unspecified atom stereocenters. The standard InChI is InChI=1S/C28H29NO7/c1-2-32-25(30)17-33-22-11-7-6-10-19(22)14-20-23-12-13-24(36-23)26(20)27-29-21(16-34-27)28(31)35-15-18-8-4-3-5-9-18/h3-11,16,20,23-24,26H,2,12-15,17H2,1H3. The van der Waals surface area contributed by atoms with E-state index in [9.17, 15) is 9.59 Å². The molecule has 2 aromatic carbocycles. The monoisotopic (exact) mass is 491 g/mol. The molecule has 2 aliphatic rings. The molecule has 1 aromatic heterocycles. The third kappa shape index (κ3) is 5.28. The van der Waals surface area contributed by atoms with Crippen LogP contribution in [0, 0.1) is 5.92 Å². The van der Waals surface area contributed by atoms with Gasteiger partial charge in [-0.15, -0.1) is 0 Å². The third-order valence-electron chi connectivity index (χ3n) is 6.73. The number of aromatic nitrogens is 1. The maximum absolute atomic E-state index is 12.6. The second kappa shape index (κ2) is 11.0. The van der Waals surface area contributed by atoms with Gasteiger partial charge in [0.05, 0.1) is 24.7 Å². The van der Waals surface area contributed by atoms with Crippen molar-refractivity contribution >= 4 is 11.9 Å². The third-order valence-corrected chi connectivity index (χ3v) is 6.73. The van der Waals surface area contributed by atoms with E-state index in [1.165, 1.54) is 6.26 Å². The Labute approximate surface area is 209 Å². The lowest BCUT2D eigenvalue weighted by molar-refractivity contribution is -0.145. The van der Waals surface area contributed by atoms with Crippen molar-refractivity contribution in [3.63, 3.8) is 0 Å². The number of ether oxygens (including phenoxy) is 4. The van der Waals surface area contributed by atoms with E-state index in [2.05, 4.69) is 4.98 Å². The molecule has 2 saturated heterocycles. The van der Waals surface area contributed by atoms with Crippen molar-refractivity contribution in [2.45, 2.75) is 50.9 Å². The molecule has 2 bridgehead atoms. The number of carbonyl (C=O) groups excluding carboxylic acids is 2. The fraction of sp³-hybridized carbons (Fsp3) is 0.393. The van der Waals surface area contributed by atoms with Crippen molar-refractivity contribution in [1.82, 2.24) is 4.98 Å². The van der Waals surface area contributed by atoms with Crippen molar-refractivity contribution in [1.29, 1.82) is 0 Å². The molecule has 0 amide bonds. The van der Waals surface area contributed by atoms with Crippen LogP contribution < -0.4 is 4.74 Å². The van der Waals surface area contributed by atoms with Gasteiger partial charge < -0.3 is 23.4 Å². The van der Waals surface area contributed by atoms with Crippen molar-refractivity contribution in [3.05, 3.63) is 83.6 Å². The molecule has 0 aliphatic carbocycles. The van der Waals surface area contributed by atoms with Crippen molar-refractivity contribution in [3.8, 4) is 5.75 Å². The van der Waals surface area contributed by atoms with E-state index in [-0.39, 0.29) is 43.0 Å². The van der Waals surface area contributed by atoms with E-state index < -0.39 is 11.9 Å². The molecule has 3 heterocycles. The molecule has 36 heavy (non-hydrogen) atoms. The number of esters is 2. The molecule has 0 radical (unpaired) electrons. The first-order chi connectivity index (χ1) is 17.6. The van der Waals surface area contributed by atoms with Gasteiger partial charge in [0.2, 0.25) is 5.89 Å². The van der Waals surface area contributed by atoms with E-state index in [4.69, 9.17) is 23.4 Å². The first kappa shape index (κ1) is 24.1. The highest BCUT2D eigenvalue weighted by molar-refractivity contribution is 5.86. The van der Waals surface area contributed by atoms with Gasteiger partial charge in [-0.2, -0.15) is 0 Å². The number of rotatable bonds is 10. The van der Waals surface area contributed by atoms with Crippen molar-refractivity contribution in [2.24, 2.45) is 5.92 Å². The summed E-state index contributed by atoms with van der Waals surface area (Å²) in [6.07, 6.45) is 3.97. The molecule has 2 fully saturated rings. The quantitative estimate of drug-likeness (QED) is 0.383. The summed E-state index contributed by atoms with van der Waals surface area (Å²) in [5.41, 5.74) is 2.03. The van der Waals surface area contributed by atoms with Gasteiger partial charge in [0.1, 0.15) is 18.6 Å². The predicted molar refractivity (Wildman–Crippen MR) is 128 cm³/mol. The first-order valence-electron chi connectivity index (χ1n) is 12.3. The smallest absolute Gasteiger partial charge is 0.360 e. The molecular weight excluding hydrogens is 462 g/mol. The number of para-hydroxylation sites is 1. The summed E-state index contributed by atoms with van der Waals surface area (Å²) >= 11 is 0. The SMILES string of the molecule is CCOC(=O)COc1ccccc1CC1C2CCC(O2)C1c1nc(C(=O)OCc2ccccc2)co1. The van der Waals surface area contributed by atoms with Crippen LogP contribution in [0.5, 0.6) is 5.75 Å². The van der Waals surface area contributed by atoms with Crippen molar-refractivity contribution in [2.75, 3.05) is 13.2 Å². The Hall–Kier alpha value is -3.65. The zero-order chi connectivity index (χ0) is 24.9. The molecular formula is C28H29NO7. The molecule has 0 spiro atoms. The number of nitrogens with zero attached hydrogens (tertiary/aromatic N) is 1. The summed E-state index contributed by atoms with van der Waals surface area (Å²) in [7, 11) is 0. The molecule has 0 saturated carbocycles. The van der Waals surface area contributed by atoms with Crippen LogP contribution >= 0.6 is 0 Å². The zero-order valence-corrected chi connectivity index (χ0v) is 20.1. The van der Waals surface area contributed by atoms with Crippen LogP contribution in [0.2, 0.25) is 0 Å². The van der Waals surface area contributed by atoms with Crippen molar-refractivity contribution < 1.29 is 33.0 Å². The molecule has 2 aliphatic heterocycles. The average Bonchev–Trinajstić information content (AvgIpc) is 3.65. The summed E-state index contributed by atoms with van der Waals surface area (Å²) in [5.74, 6) is 0.223. The van der Waals surface area contributed by atoms with E-state index in [1.54, 1.807) is 6.92 Å². The number of fused-ring (bicyclic) bond motifs is 2. The molecule has 3 aromatic rings. The minimum absolute atomic E-state index is 0.0144. The highest BCUT2D eigenvalue weighted by Gasteiger charge is 2.51. The minimum Gasteiger partial charge on any atom is -0.482 e. The molecule has 188 valence electrons. The lowest BCUT2D eigenvalue weighted by atomic mass is 9.76. The first-order valence-corrected chi connectivity index (χ1v) is 12.3. The van der Waals surface area contributed by atoms with Crippen LogP contribution in [-0.4, -0.2) is 42.3 Å². The normalized spacial score (nSPS) is 22.4.